The lowest BCUT2D eigenvalue weighted by Gasteiger charge is -2.09. The average Bonchev–Trinajstić information content (AvgIpc) is 2.80. The summed E-state index contributed by atoms with van der Waals surface area (Å²) in [6, 6.07) is 5.53. The Morgan fingerprint density at radius 3 is 3.00 bits per heavy atom. The van der Waals surface area contributed by atoms with Crippen LogP contribution in [-0.4, -0.2) is 17.1 Å². The second-order valence-electron chi connectivity index (χ2n) is 3.34. The van der Waals surface area contributed by atoms with E-state index >= 15 is 0 Å². The normalized spacial score (nSPS) is 10.1. The van der Waals surface area contributed by atoms with Gasteiger partial charge in [-0.1, -0.05) is 0 Å². The number of nitrogens with zero attached hydrogens (tertiary/aromatic N) is 1. The van der Waals surface area contributed by atoms with Gasteiger partial charge < -0.3 is 20.8 Å². The molecule has 0 amide bonds. The van der Waals surface area contributed by atoms with Crippen molar-refractivity contribution in [3.63, 3.8) is 0 Å². The number of nitrogens with one attached hydrogen (secondary N) is 2. The standard InChI is InChI=1S/C11H14N4O/c1-16-8-2-3-10(9(12)6-8)15-7-11-13-4-5-14-11/h2-6,15H,7,12H2,1H3,(H,13,14). The van der Waals surface area contributed by atoms with E-state index in [-0.39, 0.29) is 0 Å². The smallest absolute Gasteiger partial charge is 0.125 e. The lowest BCUT2D eigenvalue weighted by Crippen LogP contribution is -2.03. The molecule has 2 rings (SSSR count). The topological polar surface area (TPSA) is 76.0 Å². The minimum atomic E-state index is 0.615. The number of nitrogens with two attached hydrogens (primary N) is 1. The van der Waals surface area contributed by atoms with Crippen molar-refractivity contribution < 1.29 is 4.74 Å². The van der Waals surface area contributed by atoms with Gasteiger partial charge in [-0.05, 0) is 12.1 Å². The Labute approximate surface area is 93.7 Å². The minimum Gasteiger partial charge on any atom is -0.497 e. The maximum Gasteiger partial charge on any atom is 0.125 e. The monoisotopic (exact) mass is 218 g/mol. The predicted octanol–water partition coefficient (Wildman–Crippen LogP) is 1.61. The van der Waals surface area contributed by atoms with Crippen molar-refractivity contribution in [3.8, 4) is 5.75 Å². The highest BCUT2D eigenvalue weighted by Gasteiger charge is 2.01. The number of H-pyrrole nitrogens is 1. The van der Waals surface area contributed by atoms with E-state index in [4.69, 9.17) is 10.5 Å². The van der Waals surface area contributed by atoms with Gasteiger partial charge in [0.2, 0.25) is 0 Å². The second-order valence-corrected chi connectivity index (χ2v) is 3.34. The van der Waals surface area contributed by atoms with Gasteiger partial charge >= 0.3 is 0 Å². The quantitative estimate of drug-likeness (QED) is 0.681. The van der Waals surface area contributed by atoms with Crippen molar-refractivity contribution in [1.29, 1.82) is 0 Å². The summed E-state index contributed by atoms with van der Waals surface area (Å²) in [6.07, 6.45) is 3.50. The zero-order chi connectivity index (χ0) is 11.4. The van der Waals surface area contributed by atoms with Gasteiger partial charge in [0, 0.05) is 18.5 Å². The zero-order valence-corrected chi connectivity index (χ0v) is 9.03. The van der Waals surface area contributed by atoms with Crippen LogP contribution in [0.25, 0.3) is 0 Å². The molecule has 4 N–H and O–H groups in total. The van der Waals surface area contributed by atoms with Crippen LogP contribution in [0.1, 0.15) is 5.82 Å². The van der Waals surface area contributed by atoms with E-state index in [9.17, 15) is 0 Å². The molecule has 1 heterocycles. The molecule has 1 aromatic heterocycles. The van der Waals surface area contributed by atoms with Crippen molar-refractivity contribution in [1.82, 2.24) is 9.97 Å². The molecule has 1 aromatic carbocycles. The van der Waals surface area contributed by atoms with Crippen LogP contribution in [0.15, 0.2) is 30.6 Å². The molecule has 5 heteroatoms. The van der Waals surface area contributed by atoms with Gasteiger partial charge in [-0.3, -0.25) is 0 Å². The molecule has 16 heavy (non-hydrogen) atoms. The van der Waals surface area contributed by atoms with E-state index < -0.39 is 0 Å². The fourth-order valence-corrected chi connectivity index (χ4v) is 1.40. The Hall–Kier alpha value is -2.17. The van der Waals surface area contributed by atoms with Crippen LogP contribution in [0.2, 0.25) is 0 Å². The highest BCUT2D eigenvalue weighted by Crippen LogP contribution is 2.24. The highest BCUT2D eigenvalue weighted by atomic mass is 16.5. The molecule has 0 aliphatic heterocycles. The molecule has 5 nitrogen and oxygen atoms in total. The van der Waals surface area contributed by atoms with Crippen molar-refractivity contribution in [2.45, 2.75) is 6.54 Å². The molecule has 0 aliphatic carbocycles. The Morgan fingerprint density at radius 2 is 2.38 bits per heavy atom. The number of imidazole rings is 1. The van der Waals surface area contributed by atoms with E-state index in [0.717, 1.165) is 17.3 Å². The van der Waals surface area contributed by atoms with E-state index in [2.05, 4.69) is 15.3 Å². The molecular weight excluding hydrogens is 204 g/mol. The molecule has 0 saturated carbocycles. The summed E-state index contributed by atoms with van der Waals surface area (Å²) in [5.41, 5.74) is 7.39. The first-order chi connectivity index (χ1) is 7.79. The van der Waals surface area contributed by atoms with Crippen molar-refractivity contribution in [2.24, 2.45) is 0 Å². The molecule has 2 aromatic rings. The third kappa shape index (κ3) is 2.25. The highest BCUT2D eigenvalue weighted by molar-refractivity contribution is 5.68. The summed E-state index contributed by atoms with van der Waals surface area (Å²) in [7, 11) is 1.62. The number of nitrogen functional groups attached to an aromatic ring is 1. The van der Waals surface area contributed by atoms with Crippen LogP contribution in [0.5, 0.6) is 5.75 Å². The second kappa shape index (κ2) is 4.57. The number of ether oxygens (including phenoxy) is 1. The first-order valence-electron chi connectivity index (χ1n) is 4.95. The van der Waals surface area contributed by atoms with Gasteiger partial charge in [-0.15, -0.1) is 0 Å². The van der Waals surface area contributed by atoms with E-state index in [0.29, 0.717) is 12.2 Å². The average molecular weight is 218 g/mol. The molecule has 0 fully saturated rings. The van der Waals surface area contributed by atoms with Crippen LogP contribution >= 0.6 is 0 Å². The number of hydrogen-bond donors (Lipinski definition) is 3. The molecule has 0 aliphatic rings. The summed E-state index contributed by atoms with van der Waals surface area (Å²) in [6.45, 7) is 0.615. The molecule has 0 saturated heterocycles. The molecule has 0 atom stereocenters. The summed E-state index contributed by atoms with van der Waals surface area (Å²) < 4.78 is 5.07. The molecule has 84 valence electrons. The number of aromatic amines is 1. The first-order valence-corrected chi connectivity index (χ1v) is 4.95. The minimum absolute atomic E-state index is 0.615. The number of hydrogen-bond acceptors (Lipinski definition) is 4. The predicted molar refractivity (Wildman–Crippen MR) is 63.3 cm³/mol. The van der Waals surface area contributed by atoms with Crippen LogP contribution in [0.3, 0.4) is 0 Å². The maximum absolute atomic E-state index is 5.86. The van der Waals surface area contributed by atoms with Crippen LogP contribution < -0.4 is 15.8 Å². The summed E-state index contributed by atoms with van der Waals surface area (Å²) in [4.78, 5) is 7.12. The summed E-state index contributed by atoms with van der Waals surface area (Å²) >= 11 is 0. The van der Waals surface area contributed by atoms with E-state index in [1.165, 1.54) is 0 Å². The van der Waals surface area contributed by atoms with E-state index in [1.807, 2.05) is 12.1 Å². The largest absolute Gasteiger partial charge is 0.497 e. The molecule has 0 radical (unpaired) electrons. The van der Waals surface area contributed by atoms with Gasteiger partial charge in [-0.25, -0.2) is 4.98 Å². The fourth-order valence-electron chi connectivity index (χ4n) is 1.40. The molecule has 0 spiro atoms. The summed E-state index contributed by atoms with van der Waals surface area (Å²) in [5, 5.41) is 3.19. The Kier molecular flexibility index (Phi) is 2.95. The lowest BCUT2D eigenvalue weighted by molar-refractivity contribution is 0.415. The van der Waals surface area contributed by atoms with Crippen molar-refractivity contribution in [3.05, 3.63) is 36.4 Å². The number of aromatic nitrogens is 2. The van der Waals surface area contributed by atoms with Crippen molar-refractivity contribution >= 4 is 11.4 Å². The van der Waals surface area contributed by atoms with E-state index in [1.54, 1.807) is 25.6 Å². The molecular formula is C11H14N4O. The summed E-state index contributed by atoms with van der Waals surface area (Å²) in [5.74, 6) is 1.62. The third-order valence-corrected chi connectivity index (χ3v) is 2.26. The molecule has 0 unspecified atom stereocenters. The zero-order valence-electron chi connectivity index (χ0n) is 9.03. The van der Waals surface area contributed by atoms with Crippen molar-refractivity contribution in [2.75, 3.05) is 18.2 Å². The first kappa shape index (κ1) is 10.4. The number of rotatable bonds is 4. The van der Waals surface area contributed by atoms with Crippen LogP contribution in [-0.2, 0) is 6.54 Å². The number of benzene rings is 1. The SMILES string of the molecule is COc1ccc(NCc2ncc[nH]2)c(N)c1. The third-order valence-electron chi connectivity index (χ3n) is 2.26. The fraction of sp³-hybridized carbons (Fsp3) is 0.182. The van der Waals surface area contributed by atoms with Crippen LogP contribution in [0.4, 0.5) is 11.4 Å². The van der Waals surface area contributed by atoms with Gasteiger partial charge in [-0.2, -0.15) is 0 Å². The Morgan fingerprint density at radius 1 is 1.50 bits per heavy atom. The number of methoxy groups -OCH3 is 1. The molecule has 0 bridgehead atoms. The Balaban J connectivity index is 2.04. The Bertz CT molecular complexity index is 453. The number of anilines is 2. The van der Waals surface area contributed by atoms with Gasteiger partial charge in [0.1, 0.15) is 11.6 Å². The van der Waals surface area contributed by atoms with Gasteiger partial charge in [0.05, 0.1) is 25.0 Å². The maximum atomic E-state index is 5.86. The lowest BCUT2D eigenvalue weighted by atomic mass is 10.2. The van der Waals surface area contributed by atoms with Gasteiger partial charge in [0.15, 0.2) is 0 Å². The van der Waals surface area contributed by atoms with Crippen LogP contribution in [0, 0.1) is 0 Å². The van der Waals surface area contributed by atoms with Gasteiger partial charge in [0.25, 0.3) is 0 Å².